The van der Waals surface area contributed by atoms with E-state index in [0.717, 1.165) is 19.7 Å². The van der Waals surface area contributed by atoms with Gasteiger partial charge in [0.05, 0.1) is 6.61 Å². The Morgan fingerprint density at radius 3 is 2.68 bits per heavy atom. The second-order valence-electron chi connectivity index (χ2n) is 5.17. The average Bonchev–Trinajstić information content (AvgIpc) is 2.49. The molecule has 0 aliphatic carbocycles. The molecule has 2 heterocycles. The van der Waals surface area contributed by atoms with Gasteiger partial charge in [-0.05, 0) is 36.9 Å². The Hall–Kier alpha value is -1.99. The Bertz CT molecular complexity index is 452. The lowest BCUT2D eigenvalue weighted by Crippen LogP contribution is -2.36. The number of carbonyl (C=O) groups is 2. The number of hydrogen-bond donors (Lipinski definition) is 2. The lowest BCUT2D eigenvalue weighted by Gasteiger charge is -2.32. The zero-order chi connectivity index (χ0) is 16.4. The van der Waals surface area contributed by atoms with E-state index in [9.17, 15) is 0 Å². The molecule has 1 aromatic heterocycles. The molecule has 1 fully saturated rings. The Labute approximate surface area is 129 Å². The molecule has 0 radical (unpaired) electrons. The number of aromatic nitrogens is 1. The molecule has 1 aromatic rings. The lowest BCUT2D eigenvalue weighted by molar-refractivity contribution is -0.159. The summed E-state index contributed by atoms with van der Waals surface area (Å²) in [4.78, 5) is 24.9. The van der Waals surface area contributed by atoms with Crippen LogP contribution in [0.4, 0.5) is 0 Å². The van der Waals surface area contributed by atoms with Crippen molar-refractivity contribution >= 4 is 11.9 Å². The molecule has 1 saturated heterocycles. The maximum atomic E-state index is 9.10. The normalized spacial score (nSPS) is 18.1. The van der Waals surface area contributed by atoms with Gasteiger partial charge >= 0.3 is 11.9 Å². The first kappa shape index (κ1) is 18.1. The van der Waals surface area contributed by atoms with Crippen molar-refractivity contribution in [1.29, 1.82) is 0 Å². The van der Waals surface area contributed by atoms with Crippen LogP contribution in [0, 0.1) is 5.92 Å². The summed E-state index contributed by atoms with van der Waals surface area (Å²) in [6.07, 6.45) is 6.37. The molecule has 1 aliphatic heterocycles. The second kappa shape index (κ2) is 9.86. The molecule has 7 nitrogen and oxygen atoms in total. The van der Waals surface area contributed by atoms with Crippen LogP contribution >= 0.6 is 0 Å². The van der Waals surface area contributed by atoms with Crippen molar-refractivity contribution < 1.29 is 24.5 Å². The number of hydrogen-bond acceptors (Lipinski definition) is 5. The first-order chi connectivity index (χ1) is 10.5. The van der Waals surface area contributed by atoms with Crippen LogP contribution in [0.3, 0.4) is 0 Å². The van der Waals surface area contributed by atoms with Crippen LogP contribution in [0.15, 0.2) is 24.5 Å². The van der Waals surface area contributed by atoms with Crippen molar-refractivity contribution in [3.8, 4) is 0 Å². The Morgan fingerprint density at radius 1 is 1.41 bits per heavy atom. The van der Waals surface area contributed by atoms with E-state index in [-0.39, 0.29) is 0 Å². The van der Waals surface area contributed by atoms with E-state index in [1.54, 1.807) is 7.11 Å². The molecule has 1 atom stereocenters. The molecule has 2 N–H and O–H groups in total. The zero-order valence-electron chi connectivity index (χ0n) is 12.6. The highest BCUT2D eigenvalue weighted by molar-refractivity contribution is 6.27. The third kappa shape index (κ3) is 7.14. The van der Waals surface area contributed by atoms with E-state index in [2.05, 4.69) is 16.0 Å². The third-order valence-corrected chi connectivity index (χ3v) is 3.32. The van der Waals surface area contributed by atoms with E-state index >= 15 is 0 Å². The second-order valence-corrected chi connectivity index (χ2v) is 5.17. The van der Waals surface area contributed by atoms with Gasteiger partial charge in [-0.15, -0.1) is 0 Å². The van der Waals surface area contributed by atoms with Crippen molar-refractivity contribution in [2.75, 3.05) is 26.8 Å². The maximum absolute atomic E-state index is 9.10. The summed E-state index contributed by atoms with van der Waals surface area (Å²) in [6, 6.07) is 4.15. The van der Waals surface area contributed by atoms with Gasteiger partial charge in [0.15, 0.2) is 0 Å². The molecule has 1 unspecified atom stereocenters. The quantitative estimate of drug-likeness (QED) is 0.803. The van der Waals surface area contributed by atoms with E-state index in [0.29, 0.717) is 5.92 Å². The monoisotopic (exact) mass is 310 g/mol. The molecule has 0 aromatic carbocycles. The highest BCUT2D eigenvalue weighted by Gasteiger charge is 2.19. The summed E-state index contributed by atoms with van der Waals surface area (Å²) in [5.74, 6) is -2.94. The number of methoxy groups -OCH3 is 1. The summed E-state index contributed by atoms with van der Waals surface area (Å²) >= 11 is 0. The minimum absolute atomic E-state index is 0.704. The molecule has 0 amide bonds. The SMILES string of the molecule is COCC1CCCN(Cc2cccnc2)C1.O=C(O)C(=O)O. The van der Waals surface area contributed by atoms with Gasteiger partial charge in [0.2, 0.25) is 0 Å². The fraction of sp³-hybridized carbons (Fsp3) is 0.533. The Balaban J connectivity index is 0.000000346. The number of carboxylic acid groups (broad SMARTS) is 2. The van der Waals surface area contributed by atoms with Crippen molar-refractivity contribution in [3.05, 3.63) is 30.1 Å². The van der Waals surface area contributed by atoms with E-state index in [1.807, 2.05) is 18.5 Å². The van der Waals surface area contributed by atoms with Crippen LogP contribution in [0.1, 0.15) is 18.4 Å². The lowest BCUT2D eigenvalue weighted by atomic mass is 9.98. The predicted octanol–water partition coefficient (Wildman–Crippen LogP) is 1.10. The fourth-order valence-electron chi connectivity index (χ4n) is 2.42. The highest BCUT2D eigenvalue weighted by Crippen LogP contribution is 2.18. The Kier molecular flexibility index (Phi) is 8.09. The molecule has 0 spiro atoms. The molecule has 0 saturated carbocycles. The van der Waals surface area contributed by atoms with Gasteiger partial charge in [0, 0.05) is 32.6 Å². The number of nitrogens with zero attached hydrogens (tertiary/aromatic N) is 2. The standard InChI is InChI=1S/C13H20N2O.C2H2O4/c1-16-11-13-5-3-7-15(10-13)9-12-4-2-6-14-8-12;3-1(4)2(5)6/h2,4,6,8,13H,3,5,7,9-11H2,1H3;(H,3,4)(H,5,6). The minimum Gasteiger partial charge on any atom is -0.473 e. The minimum atomic E-state index is -1.82. The van der Waals surface area contributed by atoms with Gasteiger partial charge in [-0.1, -0.05) is 6.07 Å². The first-order valence-electron chi connectivity index (χ1n) is 7.09. The van der Waals surface area contributed by atoms with Crippen molar-refractivity contribution in [1.82, 2.24) is 9.88 Å². The van der Waals surface area contributed by atoms with Crippen molar-refractivity contribution in [2.45, 2.75) is 19.4 Å². The number of likely N-dealkylation sites (tertiary alicyclic amines) is 1. The Morgan fingerprint density at radius 2 is 2.14 bits per heavy atom. The van der Waals surface area contributed by atoms with Crippen LogP contribution in [0.2, 0.25) is 0 Å². The molecule has 122 valence electrons. The summed E-state index contributed by atoms with van der Waals surface area (Å²) in [7, 11) is 1.79. The highest BCUT2D eigenvalue weighted by atomic mass is 16.5. The predicted molar refractivity (Wildman–Crippen MR) is 79.4 cm³/mol. The molecular formula is C15H22N2O5. The molecule has 22 heavy (non-hydrogen) atoms. The van der Waals surface area contributed by atoms with Crippen molar-refractivity contribution in [2.24, 2.45) is 5.92 Å². The van der Waals surface area contributed by atoms with Gasteiger partial charge in [0.25, 0.3) is 0 Å². The number of carboxylic acids is 2. The fourth-order valence-corrected chi connectivity index (χ4v) is 2.42. The summed E-state index contributed by atoms with van der Waals surface area (Å²) in [6.45, 7) is 4.27. The van der Waals surface area contributed by atoms with Gasteiger partial charge in [0.1, 0.15) is 0 Å². The molecule has 0 bridgehead atoms. The number of piperidine rings is 1. The van der Waals surface area contributed by atoms with Crippen molar-refractivity contribution in [3.63, 3.8) is 0 Å². The van der Waals surface area contributed by atoms with Crippen LogP contribution in [-0.2, 0) is 20.9 Å². The van der Waals surface area contributed by atoms with Gasteiger partial charge in [-0.2, -0.15) is 0 Å². The number of rotatable bonds is 4. The largest absolute Gasteiger partial charge is 0.473 e. The van der Waals surface area contributed by atoms with E-state index < -0.39 is 11.9 Å². The molecule has 2 rings (SSSR count). The summed E-state index contributed by atoms with van der Waals surface area (Å²) in [5, 5.41) is 14.8. The molecule has 7 heteroatoms. The van der Waals surface area contributed by atoms with Gasteiger partial charge in [-0.3, -0.25) is 9.88 Å². The van der Waals surface area contributed by atoms with Crippen LogP contribution in [-0.4, -0.2) is 58.8 Å². The van der Waals surface area contributed by atoms with Gasteiger partial charge < -0.3 is 14.9 Å². The first-order valence-corrected chi connectivity index (χ1v) is 7.09. The van der Waals surface area contributed by atoms with Crippen LogP contribution in [0.25, 0.3) is 0 Å². The third-order valence-electron chi connectivity index (χ3n) is 3.32. The molecule has 1 aliphatic rings. The van der Waals surface area contributed by atoms with E-state index in [1.165, 1.54) is 24.9 Å². The molecular weight excluding hydrogens is 288 g/mol. The zero-order valence-corrected chi connectivity index (χ0v) is 12.6. The maximum Gasteiger partial charge on any atom is 0.414 e. The van der Waals surface area contributed by atoms with Crippen LogP contribution in [0.5, 0.6) is 0 Å². The smallest absolute Gasteiger partial charge is 0.414 e. The summed E-state index contributed by atoms with van der Waals surface area (Å²) in [5.41, 5.74) is 1.31. The number of ether oxygens (including phenoxy) is 1. The van der Waals surface area contributed by atoms with Gasteiger partial charge in [-0.25, -0.2) is 9.59 Å². The number of pyridine rings is 1. The average molecular weight is 310 g/mol. The number of aliphatic carboxylic acids is 2. The summed E-state index contributed by atoms with van der Waals surface area (Å²) < 4.78 is 5.24. The van der Waals surface area contributed by atoms with Crippen LogP contribution < -0.4 is 0 Å². The topological polar surface area (TPSA) is 100.0 Å². The van der Waals surface area contributed by atoms with E-state index in [4.69, 9.17) is 24.5 Å².